The molecule has 2 rings (SSSR count). The van der Waals surface area contributed by atoms with Crippen molar-refractivity contribution in [2.75, 3.05) is 0 Å². The highest BCUT2D eigenvalue weighted by Gasteiger charge is 2.40. The monoisotopic (exact) mass is 878 g/mol. The molecule has 366 valence electrons. The first-order valence-electron chi connectivity index (χ1n) is 25.6. The smallest absolute Gasteiger partial charge is 0.309 e. The molecule has 1 atom stereocenters. The van der Waals surface area contributed by atoms with Crippen LogP contribution in [0.3, 0.4) is 0 Å². The SMILES string of the molecule is C=C(/C=C(N=CCC)\C(C)=C(/C)CC)c1ccc(C(CCC)(CCC)C(=O)C(C)C)c(C)c1.CC(C)C.CCC(C)(C)CC.CCC(C)C(=O)OC(C)(C)C.CCCC1CC(C)C1. The number of esters is 1. The van der Waals surface area contributed by atoms with Gasteiger partial charge in [-0.1, -0.05) is 187 Å². The molecule has 0 saturated heterocycles. The molecule has 1 aliphatic rings. The normalized spacial score (nSPS) is 16.2. The number of aryl methyl sites for hydroxylation is 1. The van der Waals surface area contributed by atoms with Crippen LogP contribution in [-0.2, 0) is 19.7 Å². The molecule has 1 unspecified atom stereocenters. The molecular formula is C59H107NO3. The van der Waals surface area contributed by atoms with Gasteiger partial charge in [0.15, 0.2) is 0 Å². The molecule has 0 bridgehead atoms. The molecule has 4 nitrogen and oxygen atoms in total. The first kappa shape index (κ1) is 64.5. The van der Waals surface area contributed by atoms with Gasteiger partial charge in [0.1, 0.15) is 11.4 Å². The average molecular weight is 879 g/mol. The molecule has 1 saturated carbocycles. The molecule has 0 radical (unpaired) electrons. The predicted molar refractivity (Wildman–Crippen MR) is 284 cm³/mol. The largest absolute Gasteiger partial charge is 0.460 e. The first-order chi connectivity index (χ1) is 29.1. The lowest BCUT2D eigenvalue weighted by atomic mass is 9.66. The summed E-state index contributed by atoms with van der Waals surface area (Å²) in [6, 6.07) is 6.53. The minimum atomic E-state index is -0.397. The molecule has 1 aromatic carbocycles. The summed E-state index contributed by atoms with van der Waals surface area (Å²) >= 11 is 0. The fourth-order valence-corrected chi connectivity index (χ4v) is 7.28. The Balaban J connectivity index is -0.000000957. The van der Waals surface area contributed by atoms with Crippen LogP contribution in [-0.4, -0.2) is 23.6 Å². The van der Waals surface area contributed by atoms with E-state index < -0.39 is 5.41 Å². The summed E-state index contributed by atoms with van der Waals surface area (Å²) in [5.41, 5.74) is 7.76. The van der Waals surface area contributed by atoms with Crippen LogP contribution >= 0.6 is 0 Å². The summed E-state index contributed by atoms with van der Waals surface area (Å²) in [4.78, 5) is 29.4. The predicted octanol–water partition coefficient (Wildman–Crippen LogP) is 18.9. The zero-order valence-electron chi connectivity index (χ0n) is 46.3. The van der Waals surface area contributed by atoms with E-state index >= 15 is 0 Å². The van der Waals surface area contributed by atoms with Gasteiger partial charge in [-0.3, -0.25) is 14.6 Å². The van der Waals surface area contributed by atoms with Gasteiger partial charge in [0.25, 0.3) is 0 Å². The van der Waals surface area contributed by atoms with Crippen molar-refractivity contribution < 1.29 is 14.3 Å². The Morgan fingerprint density at radius 2 is 1.35 bits per heavy atom. The molecule has 0 N–H and O–H groups in total. The van der Waals surface area contributed by atoms with Gasteiger partial charge in [0, 0.05) is 12.1 Å². The van der Waals surface area contributed by atoms with Crippen molar-refractivity contribution in [2.45, 2.75) is 254 Å². The second kappa shape index (κ2) is 33.7. The number of carbonyl (C=O) groups excluding carboxylic acids is 2. The van der Waals surface area contributed by atoms with Gasteiger partial charge in [0.2, 0.25) is 0 Å². The Morgan fingerprint density at radius 1 is 0.841 bits per heavy atom. The van der Waals surface area contributed by atoms with E-state index in [1.807, 2.05) is 54.7 Å². The summed E-state index contributed by atoms with van der Waals surface area (Å²) in [5, 5.41) is 0. The van der Waals surface area contributed by atoms with Crippen LogP contribution in [0.1, 0.15) is 252 Å². The number of hydrogen-bond donors (Lipinski definition) is 0. The standard InChI is InChI=1S/C31H47NO.C9H18O2.C8H16.C7H16.C4H10/c1-11-17-31(18-12-2,30(33)22(5)6)28-16-15-27(20-25(28)9)24(8)21-29(32-19-13-3)26(10)23(7)14-4;1-6-7(2)8(10)11-9(3,4)5;1-3-4-8-5-7(2)6-8;1-5-7(3,4)6-2;1-4(2)3/h15-16,19-22H,8,11-14,17-18H2,1-7,9-10H3;7H,6H2,1-5H3;7-8H,3-6H2,1-2H3;5-6H2,1-4H3;4H,1-3H3/b26-23+,29-21+,32-19?;;;;. The first-order valence-corrected chi connectivity index (χ1v) is 25.6. The van der Waals surface area contributed by atoms with E-state index in [9.17, 15) is 9.59 Å². The van der Waals surface area contributed by atoms with Crippen LogP contribution in [0, 0.1) is 41.9 Å². The second-order valence-corrected chi connectivity index (χ2v) is 21.3. The van der Waals surface area contributed by atoms with Crippen molar-refractivity contribution in [3.8, 4) is 0 Å². The third-order valence-electron chi connectivity index (χ3n) is 12.2. The van der Waals surface area contributed by atoms with E-state index in [0.29, 0.717) is 11.2 Å². The Morgan fingerprint density at radius 3 is 1.68 bits per heavy atom. The van der Waals surface area contributed by atoms with E-state index in [4.69, 9.17) is 9.73 Å². The molecule has 0 heterocycles. The van der Waals surface area contributed by atoms with Crippen molar-refractivity contribution in [3.63, 3.8) is 0 Å². The van der Waals surface area contributed by atoms with Crippen molar-refractivity contribution in [3.05, 3.63) is 64.4 Å². The lowest BCUT2D eigenvalue weighted by Crippen LogP contribution is -2.39. The average Bonchev–Trinajstić information content (AvgIpc) is 3.20. The van der Waals surface area contributed by atoms with E-state index in [1.165, 1.54) is 60.8 Å². The van der Waals surface area contributed by atoms with Crippen LogP contribution in [0.15, 0.2) is 52.7 Å². The second-order valence-electron chi connectivity index (χ2n) is 21.3. The van der Waals surface area contributed by atoms with Crippen molar-refractivity contribution in [1.29, 1.82) is 0 Å². The highest BCUT2D eigenvalue weighted by Crippen LogP contribution is 2.40. The van der Waals surface area contributed by atoms with E-state index in [0.717, 1.165) is 79.5 Å². The molecular weight excluding hydrogens is 771 g/mol. The van der Waals surface area contributed by atoms with Crippen LogP contribution in [0.25, 0.3) is 5.57 Å². The fourth-order valence-electron chi connectivity index (χ4n) is 7.28. The highest BCUT2D eigenvalue weighted by molar-refractivity contribution is 5.92. The van der Waals surface area contributed by atoms with Crippen molar-refractivity contribution >= 4 is 23.5 Å². The third-order valence-corrected chi connectivity index (χ3v) is 12.2. The zero-order chi connectivity index (χ0) is 49.7. The highest BCUT2D eigenvalue weighted by atomic mass is 16.6. The number of carbonyl (C=O) groups is 2. The van der Waals surface area contributed by atoms with Crippen LogP contribution in [0.4, 0.5) is 0 Å². The van der Waals surface area contributed by atoms with Crippen LogP contribution in [0.2, 0.25) is 0 Å². The Hall–Kier alpha value is -2.75. The summed E-state index contributed by atoms with van der Waals surface area (Å²) in [6.45, 7) is 53.2. The van der Waals surface area contributed by atoms with Gasteiger partial charge in [-0.05, 0) is 144 Å². The Bertz CT molecular complexity index is 1490. The molecule has 0 aliphatic heterocycles. The van der Waals surface area contributed by atoms with Gasteiger partial charge < -0.3 is 4.74 Å². The van der Waals surface area contributed by atoms with Gasteiger partial charge in [0.05, 0.1) is 17.0 Å². The molecule has 63 heavy (non-hydrogen) atoms. The summed E-state index contributed by atoms with van der Waals surface area (Å²) < 4.78 is 5.15. The number of allylic oxidation sites excluding steroid dienone is 4. The zero-order valence-corrected chi connectivity index (χ0v) is 46.3. The molecule has 0 spiro atoms. The van der Waals surface area contributed by atoms with E-state index in [-0.39, 0.29) is 23.4 Å². The number of Topliss-reactive ketones (excluding diaryl/α,β-unsaturated/α-hetero) is 1. The molecule has 1 fully saturated rings. The van der Waals surface area contributed by atoms with Gasteiger partial charge in [-0.2, -0.15) is 0 Å². The number of aliphatic imine (C=N–C) groups is 1. The number of benzene rings is 1. The maximum atomic E-state index is 13.5. The number of rotatable bonds is 19. The summed E-state index contributed by atoms with van der Waals surface area (Å²) in [7, 11) is 0. The lowest BCUT2D eigenvalue weighted by Gasteiger charge is -2.36. The van der Waals surface area contributed by atoms with E-state index in [1.54, 1.807) is 0 Å². The molecule has 0 amide bonds. The minimum Gasteiger partial charge on any atom is -0.460 e. The number of hydrogen-bond acceptors (Lipinski definition) is 4. The minimum absolute atomic E-state index is 0.0224. The quantitative estimate of drug-likeness (QED) is 0.0790. The lowest BCUT2D eigenvalue weighted by molar-refractivity contribution is -0.159. The molecule has 0 aromatic heterocycles. The fraction of sp³-hybridized carbons (Fsp3) is 0.746. The molecule has 4 heteroatoms. The topological polar surface area (TPSA) is 55.7 Å². The van der Waals surface area contributed by atoms with Gasteiger partial charge >= 0.3 is 5.97 Å². The van der Waals surface area contributed by atoms with Crippen LogP contribution < -0.4 is 0 Å². The van der Waals surface area contributed by atoms with Crippen molar-refractivity contribution in [1.82, 2.24) is 0 Å². The summed E-state index contributed by atoms with van der Waals surface area (Å²) in [6.07, 6.45) is 19.1. The van der Waals surface area contributed by atoms with E-state index in [2.05, 4.69) is 142 Å². The maximum Gasteiger partial charge on any atom is 0.309 e. The Labute approximate surface area is 394 Å². The third kappa shape index (κ3) is 27.4. The number of ether oxygens (including phenoxy) is 1. The van der Waals surface area contributed by atoms with Crippen LogP contribution in [0.5, 0.6) is 0 Å². The molecule has 1 aromatic rings. The van der Waals surface area contributed by atoms with Gasteiger partial charge in [-0.25, -0.2) is 0 Å². The van der Waals surface area contributed by atoms with Crippen molar-refractivity contribution in [2.24, 2.45) is 40.0 Å². The maximum absolute atomic E-state index is 13.5. The number of ketones is 1. The Kier molecular flexibility index (Phi) is 34.5. The molecule has 1 aliphatic carbocycles. The summed E-state index contributed by atoms with van der Waals surface area (Å²) in [5.74, 6) is 3.30. The number of nitrogens with zero attached hydrogens (tertiary/aromatic N) is 1. The van der Waals surface area contributed by atoms with Gasteiger partial charge in [-0.15, -0.1) is 0 Å².